The summed E-state index contributed by atoms with van der Waals surface area (Å²) < 4.78 is 4.90. The molecule has 12 rings (SSSR count). The molecule has 3 nitrogen and oxygen atoms in total. The summed E-state index contributed by atoms with van der Waals surface area (Å²) in [6.45, 7) is 0. The van der Waals surface area contributed by atoms with Gasteiger partial charge in [0.1, 0.15) is 5.82 Å². The van der Waals surface area contributed by atoms with Crippen LogP contribution < -0.4 is 0 Å². The first-order chi connectivity index (χ1) is 27.7. The van der Waals surface area contributed by atoms with E-state index in [4.69, 9.17) is 9.97 Å². The van der Waals surface area contributed by atoms with Crippen LogP contribution in [0.3, 0.4) is 0 Å². The van der Waals surface area contributed by atoms with Gasteiger partial charge in [-0.25, -0.2) is 9.97 Å². The van der Waals surface area contributed by atoms with Crippen molar-refractivity contribution in [3.05, 3.63) is 188 Å². The fourth-order valence-electron chi connectivity index (χ4n) is 8.57. The van der Waals surface area contributed by atoms with Crippen LogP contribution in [-0.4, -0.2) is 14.5 Å². The van der Waals surface area contributed by atoms with Crippen molar-refractivity contribution in [2.24, 2.45) is 0 Å². The summed E-state index contributed by atoms with van der Waals surface area (Å²) in [5.41, 5.74) is 8.77. The predicted octanol–water partition coefficient (Wildman–Crippen LogP) is 14.4. The summed E-state index contributed by atoms with van der Waals surface area (Å²) >= 11 is 1.82. The second kappa shape index (κ2) is 12.2. The Balaban J connectivity index is 1.17. The van der Waals surface area contributed by atoms with Crippen LogP contribution in [0.2, 0.25) is 0 Å². The van der Waals surface area contributed by atoms with Gasteiger partial charge in [-0.1, -0.05) is 140 Å². The maximum Gasteiger partial charge on any atom is 0.162 e. The number of thiophene rings is 1. The van der Waals surface area contributed by atoms with Crippen molar-refractivity contribution in [3.8, 4) is 39.5 Å². The van der Waals surface area contributed by atoms with Crippen LogP contribution in [0.15, 0.2) is 188 Å². The van der Waals surface area contributed by atoms with Crippen LogP contribution in [0, 0.1) is 0 Å². The molecule has 12 aromatic rings. The first kappa shape index (κ1) is 31.2. The van der Waals surface area contributed by atoms with Crippen molar-refractivity contribution in [2.45, 2.75) is 0 Å². The van der Waals surface area contributed by atoms with E-state index >= 15 is 0 Å². The van der Waals surface area contributed by atoms with Crippen molar-refractivity contribution in [1.29, 1.82) is 0 Å². The molecule has 0 saturated heterocycles. The maximum atomic E-state index is 5.56. The molecular weight excluding hydrogens is 699 g/mol. The first-order valence-corrected chi connectivity index (χ1v) is 19.8. The molecule has 0 N–H and O–H groups in total. The average Bonchev–Trinajstić information content (AvgIpc) is 3.79. The zero-order valence-electron chi connectivity index (χ0n) is 30.1. The van der Waals surface area contributed by atoms with E-state index in [-0.39, 0.29) is 0 Å². The van der Waals surface area contributed by atoms with E-state index in [1.54, 1.807) is 0 Å². The molecule has 0 bridgehead atoms. The zero-order chi connectivity index (χ0) is 36.7. The predicted molar refractivity (Wildman–Crippen MR) is 238 cm³/mol. The molecule has 3 aromatic heterocycles. The molecule has 0 radical (unpaired) electrons. The van der Waals surface area contributed by atoms with Crippen molar-refractivity contribution in [2.75, 3.05) is 0 Å². The Bertz CT molecular complexity index is 3540. The molecule has 0 aliphatic rings. The third-order valence-electron chi connectivity index (χ3n) is 11.3. The number of fused-ring (bicyclic) bond motifs is 9. The third-order valence-corrected chi connectivity index (χ3v) is 12.5. The van der Waals surface area contributed by atoms with Gasteiger partial charge in [-0.05, 0) is 92.3 Å². The van der Waals surface area contributed by atoms with Crippen LogP contribution in [0.25, 0.3) is 114 Å². The molecule has 3 heterocycles. The molecule has 4 heteroatoms. The van der Waals surface area contributed by atoms with Gasteiger partial charge in [0.15, 0.2) is 5.82 Å². The molecule has 56 heavy (non-hydrogen) atoms. The van der Waals surface area contributed by atoms with Gasteiger partial charge < -0.3 is 0 Å². The molecule has 0 saturated carbocycles. The number of hydrogen-bond acceptors (Lipinski definition) is 3. The molecule has 0 unspecified atom stereocenters. The third kappa shape index (κ3) is 4.90. The fraction of sp³-hybridized carbons (Fsp3) is 0. The Morgan fingerprint density at radius 1 is 0.339 bits per heavy atom. The molecule has 260 valence electrons. The summed E-state index contributed by atoms with van der Waals surface area (Å²) in [5.74, 6) is 1.57. The van der Waals surface area contributed by atoms with Gasteiger partial charge in [0.05, 0.1) is 16.6 Å². The molecule has 0 amide bonds. The van der Waals surface area contributed by atoms with E-state index in [2.05, 4.69) is 193 Å². The summed E-state index contributed by atoms with van der Waals surface area (Å²) in [4.78, 5) is 10.9. The lowest BCUT2D eigenvalue weighted by atomic mass is 9.99. The summed E-state index contributed by atoms with van der Waals surface area (Å²) in [6, 6.07) is 68.1. The van der Waals surface area contributed by atoms with Gasteiger partial charge in [-0.2, -0.15) is 0 Å². The van der Waals surface area contributed by atoms with Crippen molar-refractivity contribution in [1.82, 2.24) is 14.5 Å². The summed E-state index contributed by atoms with van der Waals surface area (Å²) in [5, 5.41) is 10.8. The quantitative estimate of drug-likeness (QED) is 0.181. The Kier molecular flexibility index (Phi) is 6.80. The van der Waals surface area contributed by atoms with E-state index in [9.17, 15) is 0 Å². The Hall–Kier alpha value is -7.14. The Morgan fingerprint density at radius 3 is 1.80 bits per heavy atom. The highest BCUT2D eigenvalue weighted by molar-refractivity contribution is 7.25. The molecule has 0 aliphatic heterocycles. The van der Waals surface area contributed by atoms with Gasteiger partial charge >= 0.3 is 0 Å². The van der Waals surface area contributed by atoms with E-state index < -0.39 is 0 Å². The van der Waals surface area contributed by atoms with Gasteiger partial charge in [-0.15, -0.1) is 11.3 Å². The summed E-state index contributed by atoms with van der Waals surface area (Å²) in [6.07, 6.45) is 0. The van der Waals surface area contributed by atoms with Gasteiger partial charge in [0.25, 0.3) is 0 Å². The highest BCUT2D eigenvalue weighted by atomic mass is 32.1. The van der Waals surface area contributed by atoms with E-state index in [0.29, 0.717) is 5.82 Å². The summed E-state index contributed by atoms with van der Waals surface area (Å²) in [7, 11) is 0. The molecule has 0 spiro atoms. The number of aromatic nitrogens is 3. The van der Waals surface area contributed by atoms with E-state index in [1.807, 2.05) is 11.3 Å². The minimum absolute atomic E-state index is 0.707. The minimum Gasteiger partial charge on any atom is -0.293 e. The van der Waals surface area contributed by atoms with Gasteiger partial charge in [0.2, 0.25) is 0 Å². The molecule has 0 aliphatic carbocycles. The van der Waals surface area contributed by atoms with E-state index in [0.717, 1.165) is 50.0 Å². The number of rotatable bonds is 4. The van der Waals surface area contributed by atoms with Crippen molar-refractivity contribution in [3.63, 3.8) is 0 Å². The Labute approximate surface area is 326 Å². The van der Waals surface area contributed by atoms with Crippen LogP contribution >= 0.6 is 11.3 Å². The number of hydrogen-bond donors (Lipinski definition) is 0. The van der Waals surface area contributed by atoms with Crippen molar-refractivity contribution >= 4 is 85.8 Å². The van der Waals surface area contributed by atoms with Crippen LogP contribution in [0.4, 0.5) is 0 Å². The molecule has 0 fully saturated rings. The maximum absolute atomic E-state index is 5.56. The van der Waals surface area contributed by atoms with Crippen LogP contribution in [0.1, 0.15) is 0 Å². The van der Waals surface area contributed by atoms with E-state index in [1.165, 1.54) is 58.1 Å². The second-order valence-electron chi connectivity index (χ2n) is 14.6. The van der Waals surface area contributed by atoms with Crippen LogP contribution in [-0.2, 0) is 0 Å². The van der Waals surface area contributed by atoms with Gasteiger partial charge in [0, 0.05) is 41.9 Å². The molecule has 9 aromatic carbocycles. The minimum atomic E-state index is 0.707. The van der Waals surface area contributed by atoms with Crippen molar-refractivity contribution < 1.29 is 0 Å². The van der Waals surface area contributed by atoms with Gasteiger partial charge in [-0.3, -0.25) is 4.57 Å². The largest absolute Gasteiger partial charge is 0.293 e. The SMILES string of the molecule is c1ccc(-c2ccc3c(-n4c5cc(-c6ccc7ccccc7c6)ccc5c5cc6ccccc6cc54)nc(-c4ccc5c(c4)sc4ccccc45)nc3c2)cc1. The highest BCUT2D eigenvalue weighted by Crippen LogP contribution is 2.41. The smallest absolute Gasteiger partial charge is 0.162 e. The average molecular weight is 730 g/mol. The standard InChI is InChI=1S/C52H31N3S/c1-2-10-32(11-3-1)38-21-25-44-46(28-38)53-51(40-22-24-43-42-16-8-9-17-49(42)56-50(43)31-40)54-52(44)55-47-30-39(37-19-18-33-12-4-5-13-34(33)26-37)20-23-41(47)45-27-35-14-6-7-15-36(35)29-48(45)55/h1-31H. The highest BCUT2D eigenvalue weighted by Gasteiger charge is 2.20. The van der Waals surface area contributed by atoms with Crippen LogP contribution in [0.5, 0.6) is 0 Å². The second-order valence-corrected chi connectivity index (χ2v) is 15.7. The topological polar surface area (TPSA) is 30.7 Å². The lowest BCUT2D eigenvalue weighted by molar-refractivity contribution is 1.08. The monoisotopic (exact) mass is 729 g/mol. The normalized spacial score (nSPS) is 11.9. The lowest BCUT2D eigenvalue weighted by Crippen LogP contribution is -2.03. The molecular formula is C52H31N3S. The fourth-order valence-corrected chi connectivity index (χ4v) is 9.71. The number of nitrogens with zero attached hydrogens (tertiary/aromatic N) is 3. The lowest BCUT2D eigenvalue weighted by Gasteiger charge is -2.14. The zero-order valence-corrected chi connectivity index (χ0v) is 31.0. The number of benzene rings is 9. The molecule has 0 atom stereocenters. The first-order valence-electron chi connectivity index (χ1n) is 19.0. The Morgan fingerprint density at radius 2 is 0.946 bits per heavy atom.